The SMILES string of the molecule is CN(CCCNCCOCC(F)(F)F)C1CCCCC1. The molecule has 20 heavy (non-hydrogen) atoms. The maximum Gasteiger partial charge on any atom is 0.411 e. The van der Waals surface area contributed by atoms with Crippen LogP contribution in [-0.2, 0) is 4.74 Å². The highest BCUT2D eigenvalue weighted by Crippen LogP contribution is 2.21. The number of hydrogen-bond donors (Lipinski definition) is 1. The molecule has 0 radical (unpaired) electrons. The van der Waals surface area contributed by atoms with Gasteiger partial charge in [-0.25, -0.2) is 0 Å². The molecule has 0 heterocycles. The number of ether oxygens (including phenoxy) is 1. The van der Waals surface area contributed by atoms with E-state index in [0.717, 1.165) is 25.6 Å². The van der Waals surface area contributed by atoms with E-state index >= 15 is 0 Å². The lowest BCUT2D eigenvalue weighted by Crippen LogP contribution is -2.35. The van der Waals surface area contributed by atoms with Crippen molar-refractivity contribution in [3.63, 3.8) is 0 Å². The molecule has 1 saturated carbocycles. The van der Waals surface area contributed by atoms with Crippen LogP contribution >= 0.6 is 0 Å². The molecule has 0 spiro atoms. The summed E-state index contributed by atoms with van der Waals surface area (Å²) < 4.78 is 39.9. The minimum atomic E-state index is -4.22. The second-order valence-electron chi connectivity index (χ2n) is 5.54. The van der Waals surface area contributed by atoms with Crippen LogP contribution in [0.3, 0.4) is 0 Å². The fourth-order valence-corrected chi connectivity index (χ4v) is 2.62. The Morgan fingerprint density at radius 1 is 1.15 bits per heavy atom. The largest absolute Gasteiger partial charge is 0.411 e. The zero-order valence-corrected chi connectivity index (χ0v) is 12.3. The molecule has 0 aromatic rings. The van der Waals surface area contributed by atoms with Crippen LogP contribution in [0.1, 0.15) is 38.5 Å². The second kappa shape index (κ2) is 9.58. The van der Waals surface area contributed by atoms with Crippen LogP contribution in [0.25, 0.3) is 0 Å². The van der Waals surface area contributed by atoms with E-state index in [4.69, 9.17) is 0 Å². The molecule has 0 saturated heterocycles. The number of nitrogens with zero attached hydrogens (tertiary/aromatic N) is 1. The molecule has 1 fully saturated rings. The number of alkyl halides is 3. The van der Waals surface area contributed by atoms with E-state index in [1.54, 1.807) is 0 Å². The Bertz CT molecular complexity index is 243. The van der Waals surface area contributed by atoms with Gasteiger partial charge in [0.1, 0.15) is 6.61 Å². The Kier molecular flexibility index (Phi) is 8.49. The van der Waals surface area contributed by atoms with Crippen LogP contribution in [0.5, 0.6) is 0 Å². The van der Waals surface area contributed by atoms with Crippen LogP contribution in [0.4, 0.5) is 13.2 Å². The summed E-state index contributed by atoms with van der Waals surface area (Å²) in [6.45, 7) is 1.30. The molecule has 0 aromatic heterocycles. The summed E-state index contributed by atoms with van der Waals surface area (Å²) in [4.78, 5) is 2.42. The first kappa shape index (κ1) is 17.7. The van der Waals surface area contributed by atoms with Crippen LogP contribution in [-0.4, -0.2) is 57.0 Å². The smallest absolute Gasteiger partial charge is 0.371 e. The molecule has 6 heteroatoms. The molecule has 0 unspecified atom stereocenters. The topological polar surface area (TPSA) is 24.5 Å². The summed E-state index contributed by atoms with van der Waals surface area (Å²) in [7, 11) is 2.17. The van der Waals surface area contributed by atoms with E-state index < -0.39 is 12.8 Å². The maximum absolute atomic E-state index is 11.8. The monoisotopic (exact) mass is 296 g/mol. The third kappa shape index (κ3) is 8.76. The van der Waals surface area contributed by atoms with Gasteiger partial charge in [-0.15, -0.1) is 0 Å². The van der Waals surface area contributed by atoms with Crippen molar-refractivity contribution < 1.29 is 17.9 Å². The summed E-state index contributed by atoms with van der Waals surface area (Å²) in [6, 6.07) is 0.721. The minimum absolute atomic E-state index is 0.109. The third-order valence-electron chi connectivity index (χ3n) is 3.75. The lowest BCUT2D eigenvalue weighted by atomic mass is 9.94. The predicted octanol–water partition coefficient (Wildman–Crippen LogP) is 2.81. The summed E-state index contributed by atoms with van der Waals surface area (Å²) in [5.41, 5.74) is 0. The maximum atomic E-state index is 11.8. The van der Waals surface area contributed by atoms with Gasteiger partial charge in [0.05, 0.1) is 6.61 Å². The van der Waals surface area contributed by atoms with Gasteiger partial charge in [-0.05, 0) is 39.4 Å². The highest BCUT2D eigenvalue weighted by Gasteiger charge is 2.27. The lowest BCUT2D eigenvalue weighted by molar-refractivity contribution is -0.173. The Balaban J connectivity index is 1.89. The van der Waals surface area contributed by atoms with E-state index in [2.05, 4.69) is 22.0 Å². The first-order chi connectivity index (χ1) is 9.49. The van der Waals surface area contributed by atoms with E-state index in [1.165, 1.54) is 32.1 Å². The first-order valence-electron chi connectivity index (χ1n) is 7.54. The van der Waals surface area contributed by atoms with Gasteiger partial charge in [0.2, 0.25) is 0 Å². The fraction of sp³-hybridized carbons (Fsp3) is 1.00. The third-order valence-corrected chi connectivity index (χ3v) is 3.75. The summed E-state index contributed by atoms with van der Waals surface area (Å²) in [6.07, 6.45) is 3.44. The number of rotatable bonds is 9. The molecule has 0 atom stereocenters. The van der Waals surface area contributed by atoms with E-state index in [9.17, 15) is 13.2 Å². The van der Waals surface area contributed by atoms with Crippen molar-refractivity contribution in [3.05, 3.63) is 0 Å². The molecule has 0 amide bonds. The Hall–Kier alpha value is -0.330. The Morgan fingerprint density at radius 3 is 2.50 bits per heavy atom. The second-order valence-corrected chi connectivity index (χ2v) is 5.54. The van der Waals surface area contributed by atoms with Crippen LogP contribution in [0, 0.1) is 0 Å². The predicted molar refractivity (Wildman–Crippen MR) is 73.9 cm³/mol. The summed E-state index contributed by atoms with van der Waals surface area (Å²) in [5, 5.41) is 3.11. The molecule has 3 nitrogen and oxygen atoms in total. The van der Waals surface area contributed by atoms with E-state index in [1.807, 2.05) is 0 Å². The Labute approximate surface area is 119 Å². The summed E-state index contributed by atoms with van der Waals surface area (Å²) >= 11 is 0. The fourth-order valence-electron chi connectivity index (χ4n) is 2.62. The van der Waals surface area contributed by atoms with Gasteiger partial charge in [0, 0.05) is 12.6 Å². The van der Waals surface area contributed by atoms with Crippen molar-refractivity contribution in [1.29, 1.82) is 0 Å². The standard InChI is InChI=1S/C14H27F3N2O/c1-19(13-6-3-2-4-7-13)10-5-8-18-9-11-20-12-14(15,16)17/h13,18H,2-12H2,1H3. The molecule has 0 aliphatic heterocycles. The first-order valence-corrected chi connectivity index (χ1v) is 7.54. The number of halogens is 3. The average Bonchev–Trinajstić information content (AvgIpc) is 2.41. The molecule has 1 rings (SSSR count). The van der Waals surface area contributed by atoms with Crippen molar-refractivity contribution in [1.82, 2.24) is 10.2 Å². The van der Waals surface area contributed by atoms with Gasteiger partial charge >= 0.3 is 6.18 Å². The Morgan fingerprint density at radius 2 is 1.85 bits per heavy atom. The molecule has 0 bridgehead atoms. The van der Waals surface area contributed by atoms with Gasteiger partial charge < -0.3 is 15.0 Å². The zero-order chi connectivity index (χ0) is 14.8. The van der Waals surface area contributed by atoms with Crippen LogP contribution < -0.4 is 5.32 Å². The van der Waals surface area contributed by atoms with Crippen molar-refractivity contribution in [3.8, 4) is 0 Å². The number of hydrogen-bond acceptors (Lipinski definition) is 3. The van der Waals surface area contributed by atoms with Gasteiger partial charge in [-0.3, -0.25) is 0 Å². The molecule has 0 aromatic carbocycles. The normalized spacial score (nSPS) is 17.9. The molecular weight excluding hydrogens is 269 g/mol. The molecule has 120 valence electrons. The van der Waals surface area contributed by atoms with Crippen molar-refractivity contribution in [2.24, 2.45) is 0 Å². The van der Waals surface area contributed by atoms with E-state index in [0.29, 0.717) is 6.54 Å². The lowest BCUT2D eigenvalue weighted by Gasteiger charge is -2.31. The van der Waals surface area contributed by atoms with Gasteiger partial charge in [0.15, 0.2) is 0 Å². The van der Waals surface area contributed by atoms with Gasteiger partial charge in [-0.1, -0.05) is 19.3 Å². The van der Waals surface area contributed by atoms with Gasteiger partial charge in [-0.2, -0.15) is 13.2 Å². The van der Waals surface area contributed by atoms with Crippen LogP contribution in [0.2, 0.25) is 0 Å². The average molecular weight is 296 g/mol. The molecule has 1 N–H and O–H groups in total. The number of nitrogens with one attached hydrogen (secondary N) is 1. The zero-order valence-electron chi connectivity index (χ0n) is 12.3. The quantitative estimate of drug-likeness (QED) is 0.662. The molecule has 1 aliphatic carbocycles. The molecule has 1 aliphatic rings. The minimum Gasteiger partial charge on any atom is -0.371 e. The highest BCUT2D eigenvalue weighted by atomic mass is 19.4. The van der Waals surface area contributed by atoms with Crippen molar-refractivity contribution >= 4 is 0 Å². The molecular formula is C14H27F3N2O. The van der Waals surface area contributed by atoms with E-state index in [-0.39, 0.29) is 6.61 Å². The van der Waals surface area contributed by atoms with Crippen molar-refractivity contribution in [2.45, 2.75) is 50.7 Å². The highest BCUT2D eigenvalue weighted by molar-refractivity contribution is 4.73. The van der Waals surface area contributed by atoms with Crippen molar-refractivity contribution in [2.75, 3.05) is 39.9 Å². The summed E-state index contributed by atoms with van der Waals surface area (Å²) in [5.74, 6) is 0. The van der Waals surface area contributed by atoms with Gasteiger partial charge in [0.25, 0.3) is 0 Å². The van der Waals surface area contributed by atoms with Crippen LogP contribution in [0.15, 0.2) is 0 Å².